The van der Waals surface area contributed by atoms with Crippen molar-refractivity contribution in [1.29, 1.82) is 0 Å². The molecule has 3 N–H and O–H groups in total. The molecule has 1 aromatic carbocycles. The third kappa shape index (κ3) is 3.64. The standard InChI is InChI=1S/C19H21N5O5/c1-5-24(19(25)26)15-8-11(20)16-18(23-15)22-12(9-21-16)10-6-13(27-2)17(29-4)14(7-10)28-3/h6-9H,5H2,1-4H3,(H,25,26)(H2,20,22,23). The summed E-state index contributed by atoms with van der Waals surface area (Å²) in [7, 11) is 4.56. The Hall–Kier alpha value is -3.82. The Morgan fingerprint density at radius 2 is 1.76 bits per heavy atom. The summed E-state index contributed by atoms with van der Waals surface area (Å²) in [6.45, 7) is 1.92. The predicted octanol–water partition coefficient (Wildman–Crippen LogP) is 2.80. The van der Waals surface area contributed by atoms with Crippen LogP contribution in [0.25, 0.3) is 22.4 Å². The molecule has 0 radical (unpaired) electrons. The zero-order chi connectivity index (χ0) is 21.1. The summed E-state index contributed by atoms with van der Waals surface area (Å²) in [6, 6.07) is 4.94. The van der Waals surface area contributed by atoms with Crippen LogP contribution < -0.4 is 24.8 Å². The molecular weight excluding hydrogens is 378 g/mol. The van der Waals surface area contributed by atoms with Crippen molar-refractivity contribution in [1.82, 2.24) is 15.0 Å². The normalized spacial score (nSPS) is 10.6. The number of ether oxygens (including phenoxy) is 3. The minimum absolute atomic E-state index is 0.182. The highest BCUT2D eigenvalue weighted by Crippen LogP contribution is 2.41. The highest BCUT2D eigenvalue weighted by molar-refractivity contribution is 5.91. The molecule has 3 aromatic rings. The van der Waals surface area contributed by atoms with Gasteiger partial charge in [0.2, 0.25) is 5.75 Å². The first-order valence-corrected chi connectivity index (χ1v) is 8.67. The van der Waals surface area contributed by atoms with Crippen LogP contribution >= 0.6 is 0 Å². The Bertz CT molecular complexity index is 1050. The molecule has 0 unspecified atom stereocenters. The van der Waals surface area contributed by atoms with E-state index in [2.05, 4.69) is 15.0 Å². The maximum atomic E-state index is 11.4. The van der Waals surface area contributed by atoms with E-state index in [1.165, 1.54) is 27.4 Å². The molecule has 0 aliphatic carbocycles. The molecule has 2 aromatic heterocycles. The summed E-state index contributed by atoms with van der Waals surface area (Å²) in [5.41, 5.74) is 8.09. The molecule has 0 bridgehead atoms. The number of anilines is 2. The Kier molecular flexibility index (Phi) is 5.53. The van der Waals surface area contributed by atoms with Gasteiger partial charge < -0.3 is 25.1 Å². The van der Waals surface area contributed by atoms with Gasteiger partial charge in [0.05, 0.1) is 38.9 Å². The monoisotopic (exact) mass is 399 g/mol. The Morgan fingerprint density at radius 1 is 1.10 bits per heavy atom. The van der Waals surface area contributed by atoms with Crippen LogP contribution in [-0.4, -0.2) is 54.0 Å². The second-order valence-electron chi connectivity index (χ2n) is 5.94. The lowest BCUT2D eigenvalue weighted by Crippen LogP contribution is -2.29. The van der Waals surface area contributed by atoms with Gasteiger partial charge in [0.15, 0.2) is 17.1 Å². The number of amides is 1. The molecule has 0 aliphatic heterocycles. The molecule has 0 saturated carbocycles. The van der Waals surface area contributed by atoms with Crippen molar-refractivity contribution in [2.24, 2.45) is 0 Å². The Labute approximate surface area is 166 Å². The summed E-state index contributed by atoms with van der Waals surface area (Å²) in [4.78, 5) is 25.7. The van der Waals surface area contributed by atoms with Gasteiger partial charge in [-0.2, -0.15) is 0 Å². The summed E-state index contributed by atoms with van der Waals surface area (Å²) >= 11 is 0. The van der Waals surface area contributed by atoms with E-state index in [0.717, 1.165) is 4.90 Å². The van der Waals surface area contributed by atoms with Crippen LogP contribution in [-0.2, 0) is 0 Å². The Morgan fingerprint density at radius 3 is 2.28 bits per heavy atom. The van der Waals surface area contributed by atoms with Gasteiger partial charge in [-0.15, -0.1) is 0 Å². The quantitative estimate of drug-likeness (QED) is 0.642. The van der Waals surface area contributed by atoms with Gasteiger partial charge in [-0.3, -0.25) is 4.90 Å². The largest absolute Gasteiger partial charge is 0.493 e. The van der Waals surface area contributed by atoms with Crippen molar-refractivity contribution in [3.63, 3.8) is 0 Å². The molecule has 1 amide bonds. The lowest BCUT2D eigenvalue weighted by molar-refractivity contribution is 0.202. The second kappa shape index (κ2) is 8.05. The highest BCUT2D eigenvalue weighted by atomic mass is 16.5. The average Bonchev–Trinajstić information content (AvgIpc) is 2.72. The average molecular weight is 399 g/mol. The minimum atomic E-state index is -1.13. The number of hydrogen-bond acceptors (Lipinski definition) is 8. The topological polar surface area (TPSA) is 133 Å². The summed E-state index contributed by atoms with van der Waals surface area (Å²) in [6.07, 6.45) is 0.419. The summed E-state index contributed by atoms with van der Waals surface area (Å²) in [5, 5.41) is 9.36. The first kappa shape index (κ1) is 19.9. The first-order valence-electron chi connectivity index (χ1n) is 8.67. The van der Waals surface area contributed by atoms with Crippen molar-refractivity contribution in [3.8, 4) is 28.5 Å². The number of methoxy groups -OCH3 is 3. The fourth-order valence-corrected chi connectivity index (χ4v) is 2.91. The van der Waals surface area contributed by atoms with Gasteiger partial charge >= 0.3 is 6.09 Å². The molecule has 0 atom stereocenters. The molecule has 0 aliphatic rings. The van der Waals surface area contributed by atoms with E-state index in [1.54, 1.807) is 25.3 Å². The smallest absolute Gasteiger partial charge is 0.413 e. The van der Waals surface area contributed by atoms with Gasteiger partial charge in [-0.25, -0.2) is 19.7 Å². The highest BCUT2D eigenvalue weighted by Gasteiger charge is 2.18. The van der Waals surface area contributed by atoms with Gasteiger partial charge in [-0.05, 0) is 19.1 Å². The van der Waals surface area contributed by atoms with Crippen molar-refractivity contribution in [2.75, 3.05) is 38.5 Å². The second-order valence-corrected chi connectivity index (χ2v) is 5.94. The zero-order valence-corrected chi connectivity index (χ0v) is 16.5. The number of pyridine rings is 1. The molecule has 2 heterocycles. The lowest BCUT2D eigenvalue weighted by atomic mass is 10.1. The Balaban J connectivity index is 2.18. The van der Waals surface area contributed by atoms with E-state index in [1.807, 2.05) is 0 Å². The molecule has 0 fully saturated rings. The van der Waals surface area contributed by atoms with Crippen molar-refractivity contribution < 1.29 is 24.1 Å². The van der Waals surface area contributed by atoms with E-state index < -0.39 is 6.09 Å². The molecule has 152 valence electrons. The molecular formula is C19H21N5O5. The fourth-order valence-electron chi connectivity index (χ4n) is 2.91. The minimum Gasteiger partial charge on any atom is -0.493 e. The van der Waals surface area contributed by atoms with Gasteiger partial charge in [0.1, 0.15) is 11.3 Å². The number of nitrogens with zero attached hydrogens (tertiary/aromatic N) is 4. The van der Waals surface area contributed by atoms with Gasteiger partial charge in [-0.1, -0.05) is 0 Å². The molecule has 0 saturated heterocycles. The number of carboxylic acid groups (broad SMARTS) is 1. The zero-order valence-electron chi connectivity index (χ0n) is 16.5. The van der Waals surface area contributed by atoms with E-state index in [0.29, 0.717) is 34.0 Å². The third-order valence-corrected chi connectivity index (χ3v) is 4.32. The molecule has 3 rings (SSSR count). The van der Waals surface area contributed by atoms with Crippen LogP contribution in [0.5, 0.6) is 17.2 Å². The van der Waals surface area contributed by atoms with E-state index in [9.17, 15) is 9.90 Å². The maximum Gasteiger partial charge on any atom is 0.413 e. The lowest BCUT2D eigenvalue weighted by Gasteiger charge is -2.17. The van der Waals surface area contributed by atoms with Gasteiger partial charge in [0.25, 0.3) is 0 Å². The van der Waals surface area contributed by atoms with E-state index in [4.69, 9.17) is 19.9 Å². The summed E-state index contributed by atoms with van der Waals surface area (Å²) < 4.78 is 16.1. The predicted molar refractivity (Wildman–Crippen MR) is 108 cm³/mol. The van der Waals surface area contributed by atoms with Crippen LogP contribution in [0.1, 0.15) is 6.92 Å². The number of hydrogen-bond donors (Lipinski definition) is 2. The number of fused-ring (bicyclic) bond motifs is 1. The van der Waals surface area contributed by atoms with Crippen LogP contribution in [0.2, 0.25) is 0 Å². The van der Waals surface area contributed by atoms with Crippen LogP contribution in [0.15, 0.2) is 24.4 Å². The van der Waals surface area contributed by atoms with E-state index in [-0.39, 0.29) is 23.7 Å². The third-order valence-electron chi connectivity index (χ3n) is 4.32. The molecule has 10 heteroatoms. The summed E-state index contributed by atoms with van der Waals surface area (Å²) in [5.74, 6) is 1.57. The number of benzene rings is 1. The SMILES string of the molecule is CCN(C(=O)O)c1cc(N)c2ncc(-c3cc(OC)c(OC)c(OC)c3)nc2n1. The van der Waals surface area contributed by atoms with Gasteiger partial charge in [0, 0.05) is 18.2 Å². The molecule has 29 heavy (non-hydrogen) atoms. The van der Waals surface area contributed by atoms with Crippen molar-refractivity contribution in [2.45, 2.75) is 6.92 Å². The molecule has 10 nitrogen and oxygen atoms in total. The fraction of sp³-hybridized carbons (Fsp3) is 0.263. The number of rotatable bonds is 6. The van der Waals surface area contributed by atoms with Crippen LogP contribution in [0.4, 0.5) is 16.3 Å². The van der Waals surface area contributed by atoms with Crippen molar-refractivity contribution in [3.05, 3.63) is 24.4 Å². The van der Waals surface area contributed by atoms with Crippen LogP contribution in [0.3, 0.4) is 0 Å². The van der Waals surface area contributed by atoms with E-state index >= 15 is 0 Å². The number of nitrogens with two attached hydrogens (primary N) is 1. The van der Waals surface area contributed by atoms with Crippen molar-refractivity contribution >= 4 is 28.8 Å². The molecule has 0 spiro atoms. The number of carbonyl (C=O) groups is 1. The van der Waals surface area contributed by atoms with Crippen LogP contribution in [0, 0.1) is 0 Å². The first-order chi connectivity index (χ1) is 13.9. The number of nitrogen functional groups attached to an aromatic ring is 1. The number of aromatic nitrogens is 3. The maximum absolute atomic E-state index is 11.4.